The van der Waals surface area contributed by atoms with Gasteiger partial charge >= 0.3 is 6.18 Å². The second-order valence-electron chi connectivity index (χ2n) is 7.00. The summed E-state index contributed by atoms with van der Waals surface area (Å²) in [6, 6.07) is 18.6. The number of hydrogen-bond acceptors (Lipinski definition) is 2. The normalized spacial score (nSPS) is 11.5. The maximum atomic E-state index is 13.7. The number of nitrogens with zero attached hydrogens (tertiary/aromatic N) is 1. The number of hydrogen-bond donors (Lipinski definition) is 1. The maximum Gasteiger partial charge on any atom is 0.417 e. The average molecular weight is 408 g/mol. The van der Waals surface area contributed by atoms with Crippen molar-refractivity contribution in [3.8, 4) is 28.3 Å². The number of rotatable bonds is 5. The fraction of sp³-hybridized carbons (Fsp3) is 0.125. The smallest absolute Gasteiger partial charge is 0.417 e. The summed E-state index contributed by atoms with van der Waals surface area (Å²) in [4.78, 5) is 7.21. The molecule has 0 aliphatic rings. The third-order valence-electron chi connectivity index (χ3n) is 4.76. The summed E-state index contributed by atoms with van der Waals surface area (Å²) in [6.45, 7) is 2.02. The number of ether oxygens (including phenoxy) is 1. The lowest BCUT2D eigenvalue weighted by molar-refractivity contribution is -0.137. The number of alkyl halides is 3. The Morgan fingerprint density at radius 3 is 2.40 bits per heavy atom. The topological polar surface area (TPSA) is 37.9 Å². The van der Waals surface area contributed by atoms with E-state index in [1.165, 1.54) is 6.07 Å². The van der Waals surface area contributed by atoms with Gasteiger partial charge in [0.2, 0.25) is 0 Å². The quantitative estimate of drug-likeness (QED) is 0.401. The van der Waals surface area contributed by atoms with Gasteiger partial charge in [0, 0.05) is 18.0 Å². The van der Waals surface area contributed by atoms with Crippen molar-refractivity contribution < 1.29 is 17.9 Å². The molecule has 0 unspecified atom stereocenters. The van der Waals surface area contributed by atoms with E-state index in [1.807, 2.05) is 37.3 Å². The summed E-state index contributed by atoms with van der Waals surface area (Å²) in [6.07, 6.45) is -1.07. The van der Waals surface area contributed by atoms with Crippen molar-refractivity contribution in [1.29, 1.82) is 0 Å². The lowest BCUT2D eigenvalue weighted by Gasteiger charge is -2.16. The lowest BCUT2D eigenvalue weighted by Crippen LogP contribution is -2.08. The van der Waals surface area contributed by atoms with Crippen LogP contribution in [0.3, 0.4) is 0 Å². The number of nitrogens with one attached hydrogen (secondary N) is 1. The predicted molar refractivity (Wildman–Crippen MR) is 110 cm³/mol. The van der Waals surface area contributed by atoms with Crippen LogP contribution in [0, 0.1) is 6.92 Å². The minimum Gasteiger partial charge on any atom is -0.489 e. The SMILES string of the molecule is Cc1cccc(-c2ccc(OCc3ccc(-c4ncc[nH]4)cc3)cc2C(F)(F)F)c1. The Balaban J connectivity index is 1.55. The molecular weight excluding hydrogens is 389 g/mol. The average Bonchev–Trinajstić information content (AvgIpc) is 3.27. The molecule has 1 aromatic heterocycles. The van der Waals surface area contributed by atoms with Crippen LogP contribution in [0.1, 0.15) is 16.7 Å². The van der Waals surface area contributed by atoms with Gasteiger partial charge in [-0.05, 0) is 35.7 Å². The minimum absolute atomic E-state index is 0.140. The number of halogens is 3. The molecule has 0 fully saturated rings. The molecule has 0 atom stereocenters. The Kier molecular flexibility index (Phi) is 5.31. The Morgan fingerprint density at radius 2 is 1.73 bits per heavy atom. The van der Waals surface area contributed by atoms with Crippen LogP contribution in [-0.4, -0.2) is 9.97 Å². The van der Waals surface area contributed by atoms with Crippen molar-refractivity contribution in [3.63, 3.8) is 0 Å². The Labute approximate surface area is 172 Å². The molecule has 1 heterocycles. The zero-order chi connectivity index (χ0) is 21.1. The molecule has 0 spiro atoms. The molecule has 3 nitrogen and oxygen atoms in total. The molecule has 3 aromatic carbocycles. The van der Waals surface area contributed by atoms with Crippen molar-refractivity contribution in [1.82, 2.24) is 9.97 Å². The highest BCUT2D eigenvalue weighted by Gasteiger charge is 2.34. The van der Waals surface area contributed by atoms with Gasteiger partial charge in [0.1, 0.15) is 18.2 Å². The lowest BCUT2D eigenvalue weighted by atomic mass is 9.97. The second-order valence-corrected chi connectivity index (χ2v) is 7.00. The van der Waals surface area contributed by atoms with E-state index < -0.39 is 11.7 Å². The number of imidazole rings is 1. The molecule has 6 heteroatoms. The Bertz CT molecular complexity index is 1130. The first-order valence-corrected chi connectivity index (χ1v) is 9.40. The van der Waals surface area contributed by atoms with Gasteiger partial charge in [-0.3, -0.25) is 0 Å². The first-order chi connectivity index (χ1) is 14.4. The van der Waals surface area contributed by atoms with Crippen LogP contribution < -0.4 is 4.74 Å². The highest BCUT2D eigenvalue weighted by molar-refractivity contribution is 5.69. The predicted octanol–water partition coefficient (Wildman–Crippen LogP) is 6.65. The Hall–Kier alpha value is -3.54. The van der Waals surface area contributed by atoms with Gasteiger partial charge in [-0.15, -0.1) is 0 Å². The first-order valence-electron chi connectivity index (χ1n) is 9.40. The number of aromatic nitrogens is 2. The fourth-order valence-electron chi connectivity index (χ4n) is 3.26. The van der Waals surface area contributed by atoms with Crippen LogP contribution >= 0.6 is 0 Å². The summed E-state index contributed by atoms with van der Waals surface area (Å²) in [5.74, 6) is 0.929. The van der Waals surface area contributed by atoms with E-state index in [-0.39, 0.29) is 17.9 Å². The van der Waals surface area contributed by atoms with Crippen LogP contribution in [0.15, 0.2) is 79.1 Å². The van der Waals surface area contributed by atoms with Crippen LogP contribution in [-0.2, 0) is 12.8 Å². The highest BCUT2D eigenvalue weighted by Crippen LogP contribution is 2.39. The van der Waals surface area contributed by atoms with Gasteiger partial charge in [-0.1, -0.05) is 60.2 Å². The monoisotopic (exact) mass is 408 g/mol. The third-order valence-corrected chi connectivity index (χ3v) is 4.76. The second kappa shape index (κ2) is 8.06. The van der Waals surface area contributed by atoms with Crippen LogP contribution in [0.25, 0.3) is 22.5 Å². The summed E-state index contributed by atoms with van der Waals surface area (Å²) in [5.41, 5.74) is 2.63. The molecule has 0 saturated carbocycles. The molecule has 0 amide bonds. The largest absolute Gasteiger partial charge is 0.489 e. The van der Waals surface area contributed by atoms with Crippen molar-refractivity contribution >= 4 is 0 Å². The van der Waals surface area contributed by atoms with Crippen LogP contribution in [0.5, 0.6) is 5.75 Å². The van der Waals surface area contributed by atoms with E-state index >= 15 is 0 Å². The molecule has 30 heavy (non-hydrogen) atoms. The Morgan fingerprint density at radius 1 is 0.933 bits per heavy atom. The standard InChI is InChI=1S/C24H19F3N2O/c1-16-3-2-4-19(13-16)21-10-9-20(14-22(21)24(25,26)27)30-15-17-5-7-18(8-6-17)23-28-11-12-29-23/h2-14H,15H2,1H3,(H,28,29). The summed E-state index contributed by atoms with van der Waals surface area (Å²) < 4.78 is 46.7. The van der Waals surface area contributed by atoms with Crippen molar-refractivity contribution in [2.24, 2.45) is 0 Å². The van der Waals surface area contributed by atoms with E-state index in [1.54, 1.807) is 36.7 Å². The van der Waals surface area contributed by atoms with Crippen molar-refractivity contribution in [3.05, 3.63) is 95.8 Å². The number of benzene rings is 3. The molecule has 4 aromatic rings. The summed E-state index contributed by atoms with van der Waals surface area (Å²) in [5, 5.41) is 0. The summed E-state index contributed by atoms with van der Waals surface area (Å²) >= 11 is 0. The first kappa shape index (κ1) is 19.8. The minimum atomic E-state index is -4.48. The molecule has 0 aliphatic carbocycles. The highest BCUT2D eigenvalue weighted by atomic mass is 19.4. The zero-order valence-electron chi connectivity index (χ0n) is 16.2. The van der Waals surface area contributed by atoms with E-state index in [0.717, 1.165) is 28.6 Å². The molecule has 4 rings (SSSR count). The number of aromatic amines is 1. The third kappa shape index (κ3) is 4.38. The molecule has 152 valence electrons. The van der Waals surface area contributed by atoms with Gasteiger partial charge in [0.05, 0.1) is 5.56 Å². The van der Waals surface area contributed by atoms with Gasteiger partial charge in [-0.25, -0.2) is 4.98 Å². The van der Waals surface area contributed by atoms with E-state index in [0.29, 0.717) is 5.56 Å². The number of H-pyrrole nitrogens is 1. The van der Waals surface area contributed by atoms with E-state index in [9.17, 15) is 13.2 Å². The summed E-state index contributed by atoms with van der Waals surface area (Å²) in [7, 11) is 0. The molecular formula is C24H19F3N2O. The molecule has 0 aliphatic heterocycles. The maximum absolute atomic E-state index is 13.7. The molecule has 0 saturated heterocycles. The van der Waals surface area contributed by atoms with Gasteiger partial charge < -0.3 is 9.72 Å². The van der Waals surface area contributed by atoms with Gasteiger partial charge in [-0.2, -0.15) is 13.2 Å². The molecule has 0 radical (unpaired) electrons. The van der Waals surface area contributed by atoms with Crippen LogP contribution in [0.4, 0.5) is 13.2 Å². The fourth-order valence-corrected chi connectivity index (χ4v) is 3.26. The molecule has 0 bridgehead atoms. The van der Waals surface area contributed by atoms with Crippen LogP contribution in [0.2, 0.25) is 0 Å². The molecule has 1 N–H and O–H groups in total. The van der Waals surface area contributed by atoms with E-state index in [2.05, 4.69) is 9.97 Å². The number of aryl methyl sites for hydroxylation is 1. The zero-order valence-corrected chi connectivity index (χ0v) is 16.2. The van der Waals surface area contributed by atoms with Gasteiger partial charge in [0.25, 0.3) is 0 Å². The van der Waals surface area contributed by atoms with Crippen molar-refractivity contribution in [2.45, 2.75) is 19.7 Å². The van der Waals surface area contributed by atoms with Gasteiger partial charge in [0.15, 0.2) is 0 Å². The van der Waals surface area contributed by atoms with Crippen molar-refractivity contribution in [2.75, 3.05) is 0 Å². The van der Waals surface area contributed by atoms with E-state index in [4.69, 9.17) is 4.74 Å².